The highest BCUT2D eigenvalue weighted by atomic mass is 16.2. The van der Waals surface area contributed by atoms with Gasteiger partial charge in [-0.05, 0) is 55.2 Å². The fourth-order valence-corrected chi connectivity index (χ4v) is 3.16. The van der Waals surface area contributed by atoms with Gasteiger partial charge >= 0.3 is 0 Å². The number of amides is 1. The first-order valence-electron chi connectivity index (χ1n) is 8.57. The molecule has 4 nitrogen and oxygen atoms in total. The zero-order valence-electron chi connectivity index (χ0n) is 14.2. The van der Waals surface area contributed by atoms with Crippen LogP contribution >= 0.6 is 0 Å². The molecule has 0 aliphatic carbocycles. The highest BCUT2D eigenvalue weighted by Crippen LogP contribution is 2.19. The summed E-state index contributed by atoms with van der Waals surface area (Å²) in [5.74, 6) is 0.118. The van der Waals surface area contributed by atoms with Gasteiger partial charge in [0.1, 0.15) is 0 Å². The molecule has 1 aliphatic heterocycles. The van der Waals surface area contributed by atoms with Crippen molar-refractivity contribution >= 4 is 11.6 Å². The van der Waals surface area contributed by atoms with Crippen molar-refractivity contribution in [1.29, 1.82) is 0 Å². The summed E-state index contributed by atoms with van der Waals surface area (Å²) in [5, 5.41) is 3.58. The standard InChI is InChI=1S/C20H25N3O/c1-15-3-2-4-19(13-15)22-18-9-11-23(12-10-18)20(24)17-7-5-16(14-21)6-8-17/h2-8,13,18,22H,9-12,14,21H2,1H3. The van der Waals surface area contributed by atoms with Crippen LogP contribution in [0.1, 0.15) is 34.3 Å². The van der Waals surface area contributed by atoms with Gasteiger partial charge in [-0.15, -0.1) is 0 Å². The van der Waals surface area contributed by atoms with Crippen molar-refractivity contribution in [3.63, 3.8) is 0 Å². The SMILES string of the molecule is Cc1cccc(NC2CCN(C(=O)c3ccc(CN)cc3)CC2)c1. The summed E-state index contributed by atoms with van der Waals surface area (Å²) >= 11 is 0. The summed E-state index contributed by atoms with van der Waals surface area (Å²) in [4.78, 5) is 14.5. The molecule has 1 heterocycles. The minimum Gasteiger partial charge on any atom is -0.382 e. The quantitative estimate of drug-likeness (QED) is 0.908. The van der Waals surface area contributed by atoms with Crippen molar-refractivity contribution in [1.82, 2.24) is 4.90 Å². The molecule has 2 aromatic rings. The zero-order chi connectivity index (χ0) is 16.9. The van der Waals surface area contributed by atoms with Crippen LogP contribution in [0.2, 0.25) is 0 Å². The highest BCUT2D eigenvalue weighted by Gasteiger charge is 2.23. The van der Waals surface area contributed by atoms with Gasteiger partial charge in [-0.1, -0.05) is 24.3 Å². The molecule has 0 spiro atoms. The Labute approximate surface area is 143 Å². The lowest BCUT2D eigenvalue weighted by Gasteiger charge is -2.33. The van der Waals surface area contributed by atoms with Crippen molar-refractivity contribution in [3.8, 4) is 0 Å². The molecule has 1 aliphatic rings. The second-order valence-electron chi connectivity index (χ2n) is 6.48. The van der Waals surface area contributed by atoms with E-state index in [0.717, 1.165) is 42.7 Å². The van der Waals surface area contributed by atoms with Crippen LogP contribution in [-0.2, 0) is 6.54 Å². The fourth-order valence-electron chi connectivity index (χ4n) is 3.16. The summed E-state index contributed by atoms with van der Waals surface area (Å²) < 4.78 is 0. The number of likely N-dealkylation sites (tertiary alicyclic amines) is 1. The number of piperidine rings is 1. The Morgan fingerprint density at radius 2 is 1.88 bits per heavy atom. The Kier molecular flexibility index (Phi) is 5.16. The number of aryl methyl sites for hydroxylation is 1. The molecule has 1 saturated heterocycles. The Hall–Kier alpha value is -2.33. The first kappa shape index (κ1) is 16.5. The number of nitrogens with zero attached hydrogens (tertiary/aromatic N) is 1. The van der Waals surface area contributed by atoms with E-state index in [1.165, 1.54) is 5.56 Å². The van der Waals surface area contributed by atoms with E-state index < -0.39 is 0 Å². The Morgan fingerprint density at radius 3 is 2.50 bits per heavy atom. The molecule has 0 radical (unpaired) electrons. The van der Waals surface area contributed by atoms with Crippen molar-refractivity contribution in [3.05, 3.63) is 65.2 Å². The maximum atomic E-state index is 12.6. The van der Waals surface area contributed by atoms with Gasteiger partial charge in [0.2, 0.25) is 0 Å². The summed E-state index contributed by atoms with van der Waals surface area (Å²) in [6.07, 6.45) is 1.95. The van der Waals surface area contributed by atoms with Crippen LogP contribution < -0.4 is 11.1 Å². The number of carbonyl (C=O) groups is 1. The summed E-state index contributed by atoms with van der Waals surface area (Å²) in [6, 6.07) is 16.5. The smallest absolute Gasteiger partial charge is 0.253 e. The first-order chi connectivity index (χ1) is 11.7. The molecule has 1 amide bonds. The van der Waals surface area contributed by atoms with Crippen LogP contribution in [0, 0.1) is 6.92 Å². The molecule has 2 aromatic carbocycles. The number of anilines is 1. The number of benzene rings is 2. The molecular formula is C20H25N3O. The van der Waals surface area contributed by atoms with Crippen LogP contribution in [0.25, 0.3) is 0 Å². The summed E-state index contributed by atoms with van der Waals surface area (Å²) in [5.41, 5.74) is 9.82. The van der Waals surface area contributed by atoms with Gasteiger partial charge in [0.15, 0.2) is 0 Å². The summed E-state index contributed by atoms with van der Waals surface area (Å²) in [7, 11) is 0. The van der Waals surface area contributed by atoms with Crippen LogP contribution in [0.4, 0.5) is 5.69 Å². The van der Waals surface area contributed by atoms with Crippen LogP contribution in [0.15, 0.2) is 48.5 Å². The van der Waals surface area contributed by atoms with Gasteiger partial charge in [-0.25, -0.2) is 0 Å². The number of rotatable bonds is 4. The van der Waals surface area contributed by atoms with Gasteiger partial charge in [-0.2, -0.15) is 0 Å². The third-order valence-electron chi connectivity index (χ3n) is 4.61. The lowest BCUT2D eigenvalue weighted by atomic mass is 10.0. The molecule has 0 unspecified atom stereocenters. The largest absolute Gasteiger partial charge is 0.382 e. The van der Waals surface area contributed by atoms with Crippen LogP contribution in [-0.4, -0.2) is 29.9 Å². The molecule has 0 atom stereocenters. The van der Waals surface area contributed by atoms with Gasteiger partial charge in [0, 0.05) is 36.9 Å². The predicted molar refractivity (Wildman–Crippen MR) is 98.1 cm³/mol. The average molecular weight is 323 g/mol. The molecule has 0 saturated carbocycles. The minimum absolute atomic E-state index is 0.118. The minimum atomic E-state index is 0.118. The maximum Gasteiger partial charge on any atom is 0.253 e. The van der Waals surface area contributed by atoms with Crippen molar-refractivity contribution < 1.29 is 4.79 Å². The first-order valence-corrected chi connectivity index (χ1v) is 8.57. The second-order valence-corrected chi connectivity index (χ2v) is 6.48. The highest BCUT2D eigenvalue weighted by molar-refractivity contribution is 5.94. The Balaban J connectivity index is 1.55. The van der Waals surface area contributed by atoms with E-state index in [4.69, 9.17) is 5.73 Å². The van der Waals surface area contributed by atoms with E-state index in [-0.39, 0.29) is 5.91 Å². The third-order valence-corrected chi connectivity index (χ3v) is 4.61. The average Bonchev–Trinajstić information content (AvgIpc) is 2.62. The van der Waals surface area contributed by atoms with Crippen molar-refractivity contribution in [2.45, 2.75) is 32.4 Å². The van der Waals surface area contributed by atoms with E-state index >= 15 is 0 Å². The molecule has 3 rings (SSSR count). The van der Waals surface area contributed by atoms with E-state index in [2.05, 4.69) is 36.5 Å². The molecule has 4 heteroatoms. The molecule has 0 bridgehead atoms. The van der Waals surface area contributed by atoms with E-state index in [1.807, 2.05) is 29.2 Å². The Bertz CT molecular complexity index is 688. The van der Waals surface area contributed by atoms with E-state index in [1.54, 1.807) is 0 Å². The van der Waals surface area contributed by atoms with Gasteiger partial charge in [0.25, 0.3) is 5.91 Å². The third kappa shape index (κ3) is 3.95. The molecule has 1 fully saturated rings. The zero-order valence-corrected chi connectivity index (χ0v) is 14.2. The number of nitrogens with two attached hydrogens (primary N) is 1. The van der Waals surface area contributed by atoms with Crippen molar-refractivity contribution in [2.24, 2.45) is 5.73 Å². The number of hydrogen-bond donors (Lipinski definition) is 2. The molecular weight excluding hydrogens is 298 g/mol. The Morgan fingerprint density at radius 1 is 1.17 bits per heavy atom. The molecule has 24 heavy (non-hydrogen) atoms. The van der Waals surface area contributed by atoms with Crippen molar-refractivity contribution in [2.75, 3.05) is 18.4 Å². The molecule has 3 N–H and O–H groups in total. The number of hydrogen-bond acceptors (Lipinski definition) is 3. The lowest BCUT2D eigenvalue weighted by molar-refractivity contribution is 0.0718. The van der Waals surface area contributed by atoms with Gasteiger partial charge in [-0.3, -0.25) is 4.79 Å². The fraction of sp³-hybridized carbons (Fsp3) is 0.350. The van der Waals surface area contributed by atoms with Crippen LogP contribution in [0.3, 0.4) is 0 Å². The summed E-state index contributed by atoms with van der Waals surface area (Å²) in [6.45, 7) is 4.19. The van der Waals surface area contributed by atoms with Gasteiger partial charge < -0.3 is 16.0 Å². The molecule has 126 valence electrons. The predicted octanol–water partition coefficient (Wildman–Crippen LogP) is 3.17. The molecule has 0 aromatic heterocycles. The number of carbonyl (C=O) groups excluding carboxylic acids is 1. The van der Waals surface area contributed by atoms with Crippen LogP contribution in [0.5, 0.6) is 0 Å². The van der Waals surface area contributed by atoms with E-state index in [0.29, 0.717) is 12.6 Å². The monoisotopic (exact) mass is 323 g/mol. The number of nitrogens with one attached hydrogen (secondary N) is 1. The van der Waals surface area contributed by atoms with Gasteiger partial charge in [0.05, 0.1) is 0 Å². The lowest BCUT2D eigenvalue weighted by Crippen LogP contribution is -2.42. The topological polar surface area (TPSA) is 58.4 Å². The maximum absolute atomic E-state index is 12.6. The second kappa shape index (κ2) is 7.49. The normalized spacial score (nSPS) is 15.3. The van der Waals surface area contributed by atoms with E-state index in [9.17, 15) is 4.79 Å².